The number of carbonyl (C=O) groups excluding carboxylic acids is 1. The molecule has 2 aromatic rings. The molecule has 0 saturated carbocycles. The van der Waals surface area contributed by atoms with E-state index in [0.29, 0.717) is 17.1 Å². The Labute approximate surface area is 156 Å². The fourth-order valence-corrected chi connectivity index (χ4v) is 2.44. The molecule has 7 heteroatoms. The van der Waals surface area contributed by atoms with Crippen molar-refractivity contribution in [2.24, 2.45) is 15.2 Å². The lowest BCUT2D eigenvalue weighted by atomic mass is 10.1. The van der Waals surface area contributed by atoms with Gasteiger partial charge in [0, 0.05) is 22.9 Å². The summed E-state index contributed by atoms with van der Waals surface area (Å²) in [5.74, 6) is -0.665. The van der Waals surface area contributed by atoms with Crippen molar-refractivity contribution in [1.82, 2.24) is 0 Å². The molecule has 7 nitrogen and oxygen atoms in total. The number of amides is 1. The van der Waals surface area contributed by atoms with Crippen LogP contribution in [0.2, 0.25) is 0 Å². The number of rotatable bonds is 6. The van der Waals surface area contributed by atoms with Crippen molar-refractivity contribution in [3.05, 3.63) is 71.3 Å². The molecule has 1 heterocycles. The third kappa shape index (κ3) is 4.72. The molecule has 1 atom stereocenters. The lowest BCUT2D eigenvalue weighted by Gasteiger charge is -2.06. The number of nitrogens with zero attached hydrogens (tertiary/aromatic N) is 3. The molecule has 0 spiro atoms. The lowest BCUT2D eigenvalue weighted by Crippen LogP contribution is -2.12. The quantitative estimate of drug-likeness (QED) is 0.759. The second kappa shape index (κ2) is 8.18. The van der Waals surface area contributed by atoms with E-state index in [9.17, 15) is 9.59 Å². The minimum atomic E-state index is -1.01. The summed E-state index contributed by atoms with van der Waals surface area (Å²) in [7, 11) is 0. The Hall–Kier alpha value is -3.61. The SMILES string of the molecule is CCC1N=NC(c2ccc(C(=O)Nc3ccc(/C=C/C(=O)O)cc3)cc2)=N1. The first-order valence-corrected chi connectivity index (χ1v) is 8.46. The molecule has 0 fully saturated rings. The fraction of sp³-hybridized carbons (Fsp3) is 0.150. The van der Waals surface area contributed by atoms with Crippen molar-refractivity contribution < 1.29 is 14.7 Å². The Morgan fingerprint density at radius 3 is 2.41 bits per heavy atom. The van der Waals surface area contributed by atoms with Crippen molar-refractivity contribution in [2.75, 3.05) is 5.32 Å². The molecule has 1 aliphatic heterocycles. The van der Waals surface area contributed by atoms with Crippen LogP contribution in [0.4, 0.5) is 5.69 Å². The summed E-state index contributed by atoms with van der Waals surface area (Å²) in [5.41, 5.74) is 2.69. The summed E-state index contributed by atoms with van der Waals surface area (Å²) in [6.45, 7) is 2.00. The summed E-state index contributed by atoms with van der Waals surface area (Å²) < 4.78 is 0. The number of azo groups is 1. The van der Waals surface area contributed by atoms with Crippen LogP contribution >= 0.6 is 0 Å². The van der Waals surface area contributed by atoms with Crippen LogP contribution in [-0.2, 0) is 4.79 Å². The molecule has 2 aromatic carbocycles. The maximum Gasteiger partial charge on any atom is 0.328 e. The molecule has 0 aromatic heterocycles. The predicted octanol–water partition coefficient (Wildman–Crippen LogP) is 3.99. The molecule has 27 heavy (non-hydrogen) atoms. The van der Waals surface area contributed by atoms with E-state index in [0.717, 1.165) is 23.6 Å². The fourth-order valence-electron chi connectivity index (χ4n) is 2.44. The van der Waals surface area contributed by atoms with E-state index < -0.39 is 5.97 Å². The molecule has 1 unspecified atom stereocenters. The Morgan fingerprint density at radius 1 is 1.11 bits per heavy atom. The van der Waals surface area contributed by atoms with E-state index in [-0.39, 0.29) is 12.1 Å². The van der Waals surface area contributed by atoms with Crippen LogP contribution in [-0.4, -0.2) is 29.0 Å². The molecule has 0 aliphatic carbocycles. The van der Waals surface area contributed by atoms with E-state index in [1.54, 1.807) is 48.5 Å². The lowest BCUT2D eigenvalue weighted by molar-refractivity contribution is -0.131. The Kier molecular flexibility index (Phi) is 5.51. The van der Waals surface area contributed by atoms with Crippen molar-refractivity contribution in [2.45, 2.75) is 19.5 Å². The molecule has 0 bridgehead atoms. The molecular weight excluding hydrogens is 344 g/mol. The Morgan fingerprint density at radius 2 is 1.81 bits per heavy atom. The van der Waals surface area contributed by atoms with E-state index in [1.807, 2.05) is 6.92 Å². The number of carbonyl (C=O) groups is 2. The summed E-state index contributed by atoms with van der Waals surface area (Å²) in [4.78, 5) is 27.3. The van der Waals surface area contributed by atoms with Gasteiger partial charge in [0.15, 0.2) is 12.0 Å². The van der Waals surface area contributed by atoms with Crippen LogP contribution in [0.25, 0.3) is 6.08 Å². The molecule has 2 N–H and O–H groups in total. The van der Waals surface area contributed by atoms with Gasteiger partial charge in [0.05, 0.1) is 0 Å². The zero-order valence-corrected chi connectivity index (χ0v) is 14.7. The molecular formula is C20H18N4O3. The second-order valence-electron chi connectivity index (χ2n) is 5.88. The molecule has 3 rings (SSSR count). The average Bonchev–Trinajstić information content (AvgIpc) is 3.17. The first-order chi connectivity index (χ1) is 13.0. The maximum atomic E-state index is 12.4. The van der Waals surface area contributed by atoms with E-state index in [2.05, 4.69) is 20.5 Å². The van der Waals surface area contributed by atoms with Gasteiger partial charge in [-0.3, -0.25) is 4.79 Å². The summed E-state index contributed by atoms with van der Waals surface area (Å²) in [6.07, 6.45) is 3.24. The highest BCUT2D eigenvalue weighted by molar-refractivity contribution is 6.05. The minimum Gasteiger partial charge on any atom is -0.478 e. The van der Waals surface area contributed by atoms with Crippen LogP contribution in [0.15, 0.2) is 69.8 Å². The van der Waals surface area contributed by atoms with Crippen molar-refractivity contribution in [3.63, 3.8) is 0 Å². The Balaban J connectivity index is 1.64. The normalized spacial score (nSPS) is 15.7. The number of benzene rings is 2. The van der Waals surface area contributed by atoms with Gasteiger partial charge in [-0.15, -0.1) is 5.11 Å². The van der Waals surface area contributed by atoms with Crippen molar-refractivity contribution in [1.29, 1.82) is 0 Å². The number of amidine groups is 1. The predicted molar refractivity (Wildman–Crippen MR) is 103 cm³/mol. The van der Waals surface area contributed by atoms with Crippen molar-refractivity contribution in [3.8, 4) is 0 Å². The zero-order chi connectivity index (χ0) is 19.2. The van der Waals surface area contributed by atoms with Gasteiger partial charge in [0.1, 0.15) is 0 Å². The van der Waals surface area contributed by atoms with Gasteiger partial charge in [0.2, 0.25) is 0 Å². The average molecular weight is 362 g/mol. The number of aliphatic carboxylic acids is 1. The molecule has 136 valence electrons. The third-order valence-corrected chi connectivity index (χ3v) is 3.91. The first kappa shape index (κ1) is 18.2. The van der Waals surface area contributed by atoms with Gasteiger partial charge in [-0.05, 0) is 42.3 Å². The van der Waals surface area contributed by atoms with Gasteiger partial charge >= 0.3 is 5.97 Å². The molecule has 0 radical (unpaired) electrons. The van der Waals surface area contributed by atoms with E-state index in [4.69, 9.17) is 5.11 Å². The minimum absolute atomic E-state index is 0.115. The number of anilines is 1. The molecule has 1 amide bonds. The Bertz CT molecular complexity index is 929. The molecule has 0 saturated heterocycles. The van der Waals surface area contributed by atoms with Crippen LogP contribution in [0.1, 0.15) is 34.8 Å². The number of aliphatic imine (C=N–C) groups is 1. The smallest absolute Gasteiger partial charge is 0.328 e. The summed E-state index contributed by atoms with van der Waals surface area (Å²) in [5, 5.41) is 19.6. The number of hydrogen-bond acceptors (Lipinski definition) is 5. The van der Waals surface area contributed by atoms with Gasteiger partial charge < -0.3 is 10.4 Å². The van der Waals surface area contributed by atoms with E-state index >= 15 is 0 Å². The monoisotopic (exact) mass is 362 g/mol. The highest BCUT2D eigenvalue weighted by Gasteiger charge is 2.14. The number of carboxylic acid groups (broad SMARTS) is 1. The van der Waals surface area contributed by atoms with E-state index in [1.165, 1.54) is 6.08 Å². The third-order valence-electron chi connectivity index (χ3n) is 3.91. The summed E-state index contributed by atoms with van der Waals surface area (Å²) in [6, 6.07) is 13.9. The molecule has 1 aliphatic rings. The number of carboxylic acids is 1. The van der Waals surface area contributed by atoms with Gasteiger partial charge in [0.25, 0.3) is 5.91 Å². The van der Waals surface area contributed by atoms with Crippen molar-refractivity contribution >= 4 is 29.5 Å². The van der Waals surface area contributed by atoms with Crippen LogP contribution in [0.3, 0.4) is 0 Å². The van der Waals surface area contributed by atoms with Gasteiger partial charge in [-0.1, -0.05) is 31.2 Å². The van der Waals surface area contributed by atoms with Gasteiger partial charge in [-0.2, -0.15) is 5.11 Å². The van der Waals surface area contributed by atoms with Gasteiger partial charge in [-0.25, -0.2) is 9.79 Å². The topological polar surface area (TPSA) is 103 Å². The van der Waals surface area contributed by atoms with Crippen LogP contribution in [0.5, 0.6) is 0 Å². The highest BCUT2D eigenvalue weighted by Crippen LogP contribution is 2.16. The van der Waals surface area contributed by atoms with Crippen LogP contribution < -0.4 is 5.32 Å². The second-order valence-corrected chi connectivity index (χ2v) is 5.88. The first-order valence-electron chi connectivity index (χ1n) is 8.46. The zero-order valence-electron chi connectivity index (χ0n) is 14.7. The maximum absolute atomic E-state index is 12.4. The number of hydrogen-bond donors (Lipinski definition) is 2. The number of nitrogens with one attached hydrogen (secondary N) is 1. The summed E-state index contributed by atoms with van der Waals surface area (Å²) >= 11 is 0. The largest absolute Gasteiger partial charge is 0.478 e. The van der Waals surface area contributed by atoms with Crippen LogP contribution in [0, 0.1) is 0 Å². The highest BCUT2D eigenvalue weighted by atomic mass is 16.4. The standard InChI is InChI=1S/C20H18N4O3/c1-2-17-22-19(24-23-17)14-6-8-15(9-7-14)20(27)21-16-10-3-13(4-11-16)5-12-18(25)26/h3-12,17H,2H2,1H3,(H,21,27)(H,25,26)/b12-5+.